The molecule has 0 aliphatic carbocycles. The quantitative estimate of drug-likeness (QED) is 0.0285. The van der Waals surface area contributed by atoms with Gasteiger partial charge in [0, 0.05) is 37.7 Å². The highest BCUT2D eigenvalue weighted by Crippen LogP contribution is 2.31. The molecule has 0 bridgehead atoms. The summed E-state index contributed by atoms with van der Waals surface area (Å²) < 4.78 is 5.47. The Labute approximate surface area is 440 Å². The summed E-state index contributed by atoms with van der Waals surface area (Å²) in [7, 11) is 1.63. The molecule has 406 valence electrons. The lowest BCUT2D eigenvalue weighted by atomic mass is 9.85. The molecule has 1 aliphatic rings. The standard InChI is InChI=1S/C56H77N9O10/c1-33(2)45(30-36(6)53(71)72)64(11)52(70)49(56(8,9)10)59-37(7)60-55(74)75-32-38-21-25-41(26-22-38)61-50(68)43(19-15-29-58-54(57)73)62-51(69)48(34(3)4)63-46(66)27-28-47(67)65-31-42-35(5)16-14-18-39(42)23-24-40-17-12-13-20-44(40)65/h12-14,16-18,20-26,30,33-34,37,43,45,48-49,59H,15,19,27-29,31-32H2,1-11H3,(H,60,74)(H,61,68)(H,62,69)(H,63,66)(H,71,72)(H3,57,58,73)/b24-23-,36-30+/t37?,43-,45+,48-,49+/m0/s1. The van der Waals surface area contributed by atoms with Gasteiger partial charge in [-0.05, 0) is 96.9 Å². The number of carboxylic acids is 1. The summed E-state index contributed by atoms with van der Waals surface area (Å²) in [5.74, 6) is -3.81. The molecule has 1 unspecified atom stereocenters. The smallest absolute Gasteiger partial charge is 0.408 e. The zero-order chi connectivity index (χ0) is 55.7. The van der Waals surface area contributed by atoms with E-state index >= 15 is 0 Å². The molecular weight excluding hydrogens is 959 g/mol. The van der Waals surface area contributed by atoms with Crippen LogP contribution >= 0.6 is 0 Å². The average Bonchev–Trinajstić information content (AvgIpc) is 3.33. The van der Waals surface area contributed by atoms with Crippen molar-refractivity contribution in [2.75, 3.05) is 23.8 Å². The lowest BCUT2D eigenvalue weighted by molar-refractivity contribution is -0.137. The third-order valence-corrected chi connectivity index (χ3v) is 12.9. The molecule has 0 fully saturated rings. The average molecular weight is 1040 g/mol. The Morgan fingerprint density at radius 1 is 0.827 bits per heavy atom. The van der Waals surface area contributed by atoms with E-state index in [2.05, 4.69) is 31.9 Å². The summed E-state index contributed by atoms with van der Waals surface area (Å²) in [6, 6.07) is 15.8. The maximum absolute atomic E-state index is 13.9. The van der Waals surface area contributed by atoms with Crippen molar-refractivity contribution in [3.8, 4) is 0 Å². The van der Waals surface area contributed by atoms with Crippen LogP contribution in [0.1, 0.15) is 116 Å². The number of carboxylic acid groups (broad SMARTS) is 1. The topological polar surface area (TPSA) is 271 Å². The Morgan fingerprint density at radius 2 is 1.48 bits per heavy atom. The number of alkyl carbamates (subject to hydrolysis) is 1. The maximum Gasteiger partial charge on any atom is 0.408 e. The molecule has 0 saturated heterocycles. The number of para-hydroxylation sites is 1. The van der Waals surface area contributed by atoms with Gasteiger partial charge in [-0.25, -0.2) is 14.4 Å². The molecule has 1 heterocycles. The van der Waals surface area contributed by atoms with Crippen molar-refractivity contribution in [2.24, 2.45) is 23.0 Å². The molecule has 9 N–H and O–H groups in total. The van der Waals surface area contributed by atoms with E-state index in [4.69, 9.17) is 10.5 Å². The Bertz CT molecular complexity index is 2590. The Hall–Kier alpha value is -7.54. The number of anilines is 2. The number of rotatable bonds is 23. The summed E-state index contributed by atoms with van der Waals surface area (Å²) in [5, 5.41) is 26.2. The number of nitrogens with zero attached hydrogens (tertiary/aromatic N) is 2. The summed E-state index contributed by atoms with van der Waals surface area (Å²) >= 11 is 0. The van der Waals surface area contributed by atoms with Gasteiger partial charge in [-0.3, -0.25) is 29.3 Å². The third kappa shape index (κ3) is 18.1. The van der Waals surface area contributed by atoms with Crippen molar-refractivity contribution in [3.63, 3.8) is 0 Å². The molecular formula is C56H77N9O10. The number of primary amides is 1. The zero-order valence-corrected chi connectivity index (χ0v) is 45.2. The number of nitrogens with two attached hydrogens (primary N) is 1. The number of hydrogen-bond donors (Lipinski definition) is 8. The molecule has 0 radical (unpaired) electrons. The SMILES string of the molecule is C/C(=C\[C@H](C(C)C)N(C)C(=O)[C@@H](NC(C)NC(=O)OCc1ccc(NC(=O)[C@H](CCCNC(N)=O)NC(=O)[C@@H](NC(=O)CCC(=O)N2Cc3c(C)cccc3/C=C\c3ccccc32)C(C)C)cc1)C(C)(C)C)C(=O)O. The number of aliphatic carboxylic acids is 1. The molecule has 3 aromatic carbocycles. The number of ether oxygens (including phenoxy) is 1. The predicted molar refractivity (Wildman–Crippen MR) is 290 cm³/mol. The van der Waals surface area contributed by atoms with Crippen LogP contribution < -0.4 is 42.5 Å². The summed E-state index contributed by atoms with van der Waals surface area (Å²) in [4.78, 5) is 108. The summed E-state index contributed by atoms with van der Waals surface area (Å²) in [6.45, 7) is 18.4. The van der Waals surface area contributed by atoms with Crippen LogP contribution in [0.2, 0.25) is 0 Å². The van der Waals surface area contributed by atoms with E-state index in [1.807, 2.05) is 96.2 Å². The molecule has 1 aliphatic heterocycles. The van der Waals surface area contributed by atoms with Crippen molar-refractivity contribution in [1.29, 1.82) is 0 Å². The van der Waals surface area contributed by atoms with Crippen molar-refractivity contribution in [2.45, 2.75) is 138 Å². The number of likely N-dealkylation sites (N-methyl/N-ethyl adjacent to an activating group) is 1. The van der Waals surface area contributed by atoms with Crippen molar-refractivity contribution in [3.05, 3.63) is 106 Å². The molecule has 0 spiro atoms. The predicted octanol–water partition coefficient (Wildman–Crippen LogP) is 6.60. The molecule has 0 saturated carbocycles. The lowest BCUT2D eigenvalue weighted by Gasteiger charge is -2.38. The van der Waals surface area contributed by atoms with Crippen LogP contribution in [0.5, 0.6) is 0 Å². The van der Waals surface area contributed by atoms with Gasteiger partial charge in [0.2, 0.25) is 29.5 Å². The van der Waals surface area contributed by atoms with E-state index in [1.165, 1.54) is 11.8 Å². The highest BCUT2D eigenvalue weighted by atomic mass is 16.5. The number of fused-ring (bicyclic) bond motifs is 2. The fourth-order valence-electron chi connectivity index (χ4n) is 8.49. The fraction of sp³-hybridized carbons (Fsp3) is 0.464. The monoisotopic (exact) mass is 1040 g/mol. The first-order valence-electron chi connectivity index (χ1n) is 25.3. The normalized spacial score (nSPS) is 14.8. The second-order valence-electron chi connectivity index (χ2n) is 20.7. The first-order valence-corrected chi connectivity index (χ1v) is 25.3. The number of benzene rings is 3. The Morgan fingerprint density at radius 3 is 2.11 bits per heavy atom. The Balaban J connectivity index is 1.35. The van der Waals surface area contributed by atoms with E-state index in [-0.39, 0.29) is 62.1 Å². The van der Waals surface area contributed by atoms with E-state index in [1.54, 1.807) is 63.1 Å². The minimum atomic E-state index is -1.11. The zero-order valence-electron chi connectivity index (χ0n) is 45.2. The van der Waals surface area contributed by atoms with Gasteiger partial charge in [-0.15, -0.1) is 0 Å². The third-order valence-electron chi connectivity index (χ3n) is 12.9. The number of amides is 8. The minimum absolute atomic E-state index is 0.0804. The van der Waals surface area contributed by atoms with Crippen LogP contribution in [-0.2, 0) is 46.7 Å². The van der Waals surface area contributed by atoms with Gasteiger partial charge in [0.05, 0.1) is 30.5 Å². The van der Waals surface area contributed by atoms with Gasteiger partial charge >= 0.3 is 18.1 Å². The first-order chi connectivity index (χ1) is 35.3. The Kier molecular flexibility index (Phi) is 22.1. The fourth-order valence-corrected chi connectivity index (χ4v) is 8.49. The number of carbonyl (C=O) groups excluding carboxylic acids is 7. The number of carbonyl (C=O) groups is 8. The van der Waals surface area contributed by atoms with Gasteiger partial charge < -0.3 is 52.0 Å². The number of nitrogens with one attached hydrogen (secondary N) is 6. The molecule has 4 rings (SSSR count). The minimum Gasteiger partial charge on any atom is -0.478 e. The van der Waals surface area contributed by atoms with Gasteiger partial charge in [-0.1, -0.05) is 115 Å². The second kappa shape index (κ2) is 27.7. The highest BCUT2D eigenvalue weighted by Gasteiger charge is 2.37. The molecule has 19 nitrogen and oxygen atoms in total. The number of aryl methyl sites for hydroxylation is 1. The molecule has 5 atom stereocenters. The lowest BCUT2D eigenvalue weighted by Crippen LogP contribution is -2.59. The van der Waals surface area contributed by atoms with Gasteiger partial charge in [0.15, 0.2) is 0 Å². The van der Waals surface area contributed by atoms with Gasteiger partial charge in [0.25, 0.3) is 0 Å². The number of hydrogen-bond acceptors (Lipinski definition) is 10. The van der Waals surface area contributed by atoms with E-state index in [0.717, 1.165) is 27.9 Å². The van der Waals surface area contributed by atoms with Crippen LogP contribution in [0.3, 0.4) is 0 Å². The summed E-state index contributed by atoms with van der Waals surface area (Å²) in [6.07, 6.45) is 4.15. The van der Waals surface area contributed by atoms with E-state index in [0.29, 0.717) is 17.8 Å². The van der Waals surface area contributed by atoms with Crippen LogP contribution in [0.25, 0.3) is 12.2 Å². The maximum atomic E-state index is 13.9. The number of urea groups is 1. The molecule has 75 heavy (non-hydrogen) atoms. The van der Waals surface area contributed by atoms with E-state index < -0.39 is 77.5 Å². The first kappa shape index (κ1) is 60.0. The van der Waals surface area contributed by atoms with Gasteiger partial charge in [0.1, 0.15) is 18.7 Å². The largest absolute Gasteiger partial charge is 0.478 e. The highest BCUT2D eigenvalue weighted by molar-refractivity contribution is 6.00. The van der Waals surface area contributed by atoms with Crippen molar-refractivity contribution in [1.82, 2.24) is 31.5 Å². The van der Waals surface area contributed by atoms with Gasteiger partial charge in [-0.2, -0.15) is 0 Å². The van der Waals surface area contributed by atoms with Crippen LogP contribution in [-0.4, -0.2) is 102 Å². The van der Waals surface area contributed by atoms with Crippen molar-refractivity contribution < 1.29 is 48.2 Å². The van der Waals surface area contributed by atoms with Crippen molar-refractivity contribution >= 4 is 71.2 Å². The van der Waals surface area contributed by atoms with Crippen LogP contribution in [0.4, 0.5) is 21.0 Å². The molecule has 3 aromatic rings. The van der Waals surface area contributed by atoms with Crippen LogP contribution in [0, 0.1) is 24.2 Å². The molecule has 19 heteroatoms. The molecule has 8 amide bonds. The second-order valence-corrected chi connectivity index (χ2v) is 20.7. The summed E-state index contributed by atoms with van der Waals surface area (Å²) in [5.41, 5.74) is 10.3. The van der Waals surface area contributed by atoms with E-state index in [9.17, 15) is 43.5 Å². The van der Waals surface area contributed by atoms with Crippen LogP contribution in [0.15, 0.2) is 78.4 Å². The molecule has 0 aromatic heterocycles.